The number of nitrogens with two attached hydrogens (primary N) is 1. The Bertz CT molecular complexity index is 494. The van der Waals surface area contributed by atoms with Crippen molar-refractivity contribution < 1.29 is 14.3 Å². The number of hydrogen-bond acceptors (Lipinski definition) is 3. The molecule has 22 heavy (non-hydrogen) atoms. The summed E-state index contributed by atoms with van der Waals surface area (Å²) in [5.41, 5.74) is 6.05. The van der Waals surface area contributed by atoms with Gasteiger partial charge in [0.1, 0.15) is 6.10 Å². The fourth-order valence-electron chi connectivity index (χ4n) is 3.54. The van der Waals surface area contributed by atoms with E-state index in [1.807, 2.05) is 0 Å². The van der Waals surface area contributed by atoms with Gasteiger partial charge < -0.3 is 10.5 Å². The van der Waals surface area contributed by atoms with Crippen LogP contribution in [0, 0.1) is 16.7 Å². The van der Waals surface area contributed by atoms with Gasteiger partial charge in [-0.15, -0.1) is 0 Å². The fraction of sp³-hybridized carbons (Fsp3) is 0.667. The van der Waals surface area contributed by atoms with E-state index in [1.165, 1.54) is 12.8 Å². The van der Waals surface area contributed by atoms with Crippen molar-refractivity contribution in [3.05, 3.63) is 24.3 Å². The number of carbonyl (C=O) groups excluding carboxylic acids is 2. The molecule has 0 saturated heterocycles. The van der Waals surface area contributed by atoms with E-state index in [0.717, 1.165) is 6.42 Å². The molecule has 2 bridgehead atoms. The van der Waals surface area contributed by atoms with Crippen LogP contribution in [0.3, 0.4) is 0 Å². The fourth-order valence-corrected chi connectivity index (χ4v) is 3.54. The van der Waals surface area contributed by atoms with E-state index in [0.29, 0.717) is 22.5 Å². The summed E-state index contributed by atoms with van der Waals surface area (Å²) in [5, 5.41) is 0. The molecule has 2 saturated carbocycles. The van der Waals surface area contributed by atoms with Gasteiger partial charge >= 0.3 is 5.97 Å². The van der Waals surface area contributed by atoms with E-state index in [4.69, 9.17) is 10.5 Å². The van der Waals surface area contributed by atoms with E-state index in [-0.39, 0.29) is 17.5 Å². The van der Waals surface area contributed by atoms with E-state index in [1.54, 1.807) is 13.8 Å². The Morgan fingerprint density at radius 1 is 1.14 bits per heavy atom. The standard InChI is InChI=1S/C14H22O2.C4H7NO/c1-9(2)12(15)16-11-8-10-6-7-14(11,5)13(10,3)4;1-3(2)4(5)6/h10-11H,1,6-8H2,2-5H3;1H2,2H3,(H2,5,6)/t10-,11-,14+;/m0./s1. The van der Waals surface area contributed by atoms with Gasteiger partial charge in [-0.3, -0.25) is 4.79 Å². The van der Waals surface area contributed by atoms with Gasteiger partial charge in [0.2, 0.25) is 5.91 Å². The summed E-state index contributed by atoms with van der Waals surface area (Å²) in [4.78, 5) is 21.4. The lowest BCUT2D eigenvalue weighted by Crippen LogP contribution is -2.38. The smallest absolute Gasteiger partial charge is 0.333 e. The van der Waals surface area contributed by atoms with Crippen LogP contribution in [0.1, 0.15) is 53.9 Å². The van der Waals surface area contributed by atoms with Gasteiger partial charge in [0.25, 0.3) is 0 Å². The van der Waals surface area contributed by atoms with Gasteiger partial charge in [0.15, 0.2) is 0 Å². The van der Waals surface area contributed by atoms with Gasteiger partial charge in [-0.05, 0) is 44.4 Å². The van der Waals surface area contributed by atoms with Crippen LogP contribution in [0.4, 0.5) is 0 Å². The van der Waals surface area contributed by atoms with Crippen LogP contribution in [0.2, 0.25) is 0 Å². The van der Waals surface area contributed by atoms with Crippen LogP contribution < -0.4 is 5.73 Å². The summed E-state index contributed by atoms with van der Waals surface area (Å²) in [6, 6.07) is 0. The predicted octanol–water partition coefficient (Wildman–Crippen LogP) is 3.37. The number of primary amides is 1. The van der Waals surface area contributed by atoms with Crippen molar-refractivity contribution in [1.82, 2.24) is 0 Å². The van der Waals surface area contributed by atoms with Crippen molar-refractivity contribution in [2.75, 3.05) is 0 Å². The third-order valence-corrected chi connectivity index (χ3v) is 5.73. The molecule has 0 unspecified atom stereocenters. The average Bonchev–Trinajstić information content (AvgIpc) is 2.72. The number of esters is 1. The normalized spacial score (nSPS) is 31.0. The summed E-state index contributed by atoms with van der Waals surface area (Å²) in [5.74, 6) is 0.0463. The van der Waals surface area contributed by atoms with Gasteiger partial charge in [-0.1, -0.05) is 33.9 Å². The van der Waals surface area contributed by atoms with Crippen molar-refractivity contribution >= 4 is 11.9 Å². The molecule has 0 radical (unpaired) electrons. The molecule has 2 N–H and O–H groups in total. The SMILES string of the molecule is C=C(C)C(=O)O[C@H]1C[C@@H]2CC[C@@]1(C)C2(C)C.C=C(C)C(N)=O. The molecular weight excluding hydrogens is 278 g/mol. The Morgan fingerprint density at radius 3 is 1.91 bits per heavy atom. The second-order valence-corrected chi connectivity index (χ2v) is 7.43. The predicted molar refractivity (Wildman–Crippen MR) is 87.9 cm³/mol. The Hall–Kier alpha value is -1.58. The molecule has 2 aliphatic rings. The van der Waals surface area contributed by atoms with Crippen molar-refractivity contribution in [2.24, 2.45) is 22.5 Å². The van der Waals surface area contributed by atoms with Crippen LogP contribution >= 0.6 is 0 Å². The first-order valence-corrected chi connectivity index (χ1v) is 7.75. The van der Waals surface area contributed by atoms with E-state index < -0.39 is 5.91 Å². The molecule has 3 atom stereocenters. The highest BCUT2D eigenvalue weighted by Crippen LogP contribution is 2.66. The molecule has 2 aliphatic carbocycles. The second kappa shape index (κ2) is 6.27. The molecule has 0 aromatic carbocycles. The third kappa shape index (κ3) is 3.26. The molecule has 4 heteroatoms. The molecule has 0 aromatic rings. The highest BCUT2D eigenvalue weighted by atomic mass is 16.5. The largest absolute Gasteiger partial charge is 0.458 e. The zero-order chi connectivity index (χ0) is 17.3. The van der Waals surface area contributed by atoms with Crippen LogP contribution in [-0.4, -0.2) is 18.0 Å². The first-order chi connectivity index (χ1) is 9.93. The summed E-state index contributed by atoms with van der Waals surface area (Å²) in [6.45, 7) is 17.1. The van der Waals surface area contributed by atoms with Crippen molar-refractivity contribution in [2.45, 2.75) is 60.0 Å². The molecule has 124 valence electrons. The zero-order valence-electron chi connectivity index (χ0n) is 14.5. The van der Waals surface area contributed by atoms with Gasteiger partial charge in [0, 0.05) is 16.6 Å². The van der Waals surface area contributed by atoms with Crippen LogP contribution in [0.15, 0.2) is 24.3 Å². The molecule has 0 aliphatic heterocycles. The highest BCUT2D eigenvalue weighted by molar-refractivity contribution is 5.90. The minimum Gasteiger partial charge on any atom is -0.458 e. The maximum Gasteiger partial charge on any atom is 0.333 e. The minimum atomic E-state index is -0.435. The van der Waals surface area contributed by atoms with Crippen molar-refractivity contribution in [3.63, 3.8) is 0 Å². The lowest BCUT2D eigenvalue weighted by atomic mass is 9.70. The first-order valence-electron chi connectivity index (χ1n) is 7.75. The Balaban J connectivity index is 0.000000346. The average molecular weight is 307 g/mol. The summed E-state index contributed by atoms with van der Waals surface area (Å²) in [7, 11) is 0. The molecule has 0 heterocycles. The number of amides is 1. The Labute approximate surface area is 133 Å². The number of rotatable bonds is 3. The quantitative estimate of drug-likeness (QED) is 0.642. The molecule has 2 rings (SSSR count). The maximum absolute atomic E-state index is 11.6. The summed E-state index contributed by atoms with van der Waals surface area (Å²) in [6.07, 6.45) is 3.58. The summed E-state index contributed by atoms with van der Waals surface area (Å²) >= 11 is 0. The lowest BCUT2D eigenvalue weighted by Gasteiger charge is -2.38. The zero-order valence-corrected chi connectivity index (χ0v) is 14.5. The molecule has 0 aromatic heterocycles. The lowest BCUT2D eigenvalue weighted by molar-refractivity contribution is -0.151. The van der Waals surface area contributed by atoms with Crippen LogP contribution in [0.25, 0.3) is 0 Å². The van der Waals surface area contributed by atoms with E-state index in [9.17, 15) is 9.59 Å². The minimum absolute atomic E-state index is 0.0884. The van der Waals surface area contributed by atoms with E-state index >= 15 is 0 Å². The third-order valence-electron chi connectivity index (χ3n) is 5.73. The molecular formula is C18H29NO3. The number of hydrogen-bond donors (Lipinski definition) is 1. The summed E-state index contributed by atoms with van der Waals surface area (Å²) < 4.78 is 5.61. The van der Waals surface area contributed by atoms with Gasteiger partial charge in [-0.2, -0.15) is 0 Å². The van der Waals surface area contributed by atoms with Gasteiger partial charge in [0.05, 0.1) is 0 Å². The Morgan fingerprint density at radius 2 is 1.64 bits per heavy atom. The second-order valence-electron chi connectivity index (χ2n) is 7.43. The molecule has 0 spiro atoms. The monoisotopic (exact) mass is 307 g/mol. The molecule has 4 nitrogen and oxygen atoms in total. The van der Waals surface area contributed by atoms with Crippen molar-refractivity contribution in [3.8, 4) is 0 Å². The van der Waals surface area contributed by atoms with Gasteiger partial charge in [-0.25, -0.2) is 4.79 Å². The first kappa shape index (κ1) is 18.5. The number of ether oxygens (including phenoxy) is 1. The van der Waals surface area contributed by atoms with Crippen molar-refractivity contribution in [1.29, 1.82) is 0 Å². The number of carbonyl (C=O) groups is 2. The topological polar surface area (TPSA) is 69.4 Å². The maximum atomic E-state index is 11.6. The molecule has 2 fully saturated rings. The highest BCUT2D eigenvalue weighted by Gasteiger charge is 2.62. The number of fused-ring (bicyclic) bond motifs is 2. The van der Waals surface area contributed by atoms with E-state index in [2.05, 4.69) is 33.9 Å². The molecule has 1 amide bonds. The van der Waals surface area contributed by atoms with Crippen LogP contribution in [-0.2, 0) is 14.3 Å². The van der Waals surface area contributed by atoms with Crippen LogP contribution in [0.5, 0.6) is 0 Å². The Kier molecular flexibility index (Phi) is 5.26.